The fraction of sp³-hybridized carbons (Fsp3) is 0.286. The zero-order chi connectivity index (χ0) is 12.2. The van der Waals surface area contributed by atoms with Crippen molar-refractivity contribution in [2.45, 2.75) is 0 Å². The molecule has 2 rings (SSSR count). The summed E-state index contributed by atoms with van der Waals surface area (Å²) in [5, 5.41) is 8.12. The van der Waals surface area contributed by atoms with Crippen molar-refractivity contribution in [3.8, 4) is 0 Å². The predicted molar refractivity (Wildman–Crippen MR) is 73.9 cm³/mol. The maximum atomic E-state index is 2.75. The Hall–Kier alpha value is -1.38. The number of hydrogen-bond donors (Lipinski definition) is 2. The minimum Gasteiger partial charge on any atom is -0.323 e. The van der Waals surface area contributed by atoms with Crippen LogP contribution in [0.25, 0.3) is 10.8 Å². The summed E-state index contributed by atoms with van der Waals surface area (Å²) in [5.41, 5.74) is 0. The van der Waals surface area contributed by atoms with Gasteiger partial charge in [0.25, 0.3) is 0 Å². The van der Waals surface area contributed by atoms with E-state index in [4.69, 9.17) is 0 Å². The summed E-state index contributed by atoms with van der Waals surface area (Å²) in [6.45, 7) is 0. The van der Waals surface area contributed by atoms with Crippen molar-refractivity contribution in [1.82, 2.24) is 10.6 Å². The Kier molecular flexibility index (Phi) is 9.27. The van der Waals surface area contributed by atoms with Gasteiger partial charge in [0.15, 0.2) is 0 Å². The average molecular weight is 218 g/mol. The Balaban J connectivity index is 0.000000321. The van der Waals surface area contributed by atoms with Crippen molar-refractivity contribution >= 4 is 10.8 Å². The van der Waals surface area contributed by atoms with Crippen molar-refractivity contribution in [3.63, 3.8) is 0 Å². The first-order valence-corrected chi connectivity index (χ1v) is 5.40. The fourth-order valence-electron chi connectivity index (χ4n) is 1.13. The molecule has 0 spiro atoms. The second-order valence-corrected chi connectivity index (χ2v) is 3.35. The third kappa shape index (κ3) is 6.17. The van der Waals surface area contributed by atoms with Gasteiger partial charge >= 0.3 is 0 Å². The molecular formula is C14H22N2. The Labute approximate surface area is 98.7 Å². The van der Waals surface area contributed by atoms with Crippen LogP contribution in [0.4, 0.5) is 0 Å². The number of fused-ring (bicyclic) bond motifs is 1. The summed E-state index contributed by atoms with van der Waals surface area (Å²) < 4.78 is 0. The van der Waals surface area contributed by atoms with Crippen LogP contribution in [0, 0.1) is 0 Å². The molecule has 0 aromatic heterocycles. The summed E-state index contributed by atoms with van der Waals surface area (Å²) in [4.78, 5) is 0. The van der Waals surface area contributed by atoms with Crippen LogP contribution in [0.1, 0.15) is 0 Å². The quantitative estimate of drug-likeness (QED) is 0.710. The molecule has 0 aliphatic heterocycles. The van der Waals surface area contributed by atoms with E-state index in [1.54, 1.807) is 0 Å². The van der Waals surface area contributed by atoms with Gasteiger partial charge in [0.1, 0.15) is 0 Å². The Morgan fingerprint density at radius 2 is 0.750 bits per heavy atom. The molecule has 2 aromatic rings. The Morgan fingerprint density at radius 3 is 0.938 bits per heavy atom. The van der Waals surface area contributed by atoms with E-state index >= 15 is 0 Å². The Morgan fingerprint density at radius 1 is 0.562 bits per heavy atom. The fourth-order valence-corrected chi connectivity index (χ4v) is 1.13. The molecule has 0 saturated heterocycles. The monoisotopic (exact) mass is 218 g/mol. The van der Waals surface area contributed by atoms with Crippen LogP contribution < -0.4 is 10.6 Å². The molecule has 0 bridgehead atoms. The van der Waals surface area contributed by atoms with E-state index < -0.39 is 0 Å². The molecule has 16 heavy (non-hydrogen) atoms. The zero-order valence-electron chi connectivity index (χ0n) is 10.6. The van der Waals surface area contributed by atoms with Gasteiger partial charge in [0.05, 0.1) is 0 Å². The van der Waals surface area contributed by atoms with Gasteiger partial charge in [-0.3, -0.25) is 0 Å². The third-order valence-corrected chi connectivity index (χ3v) is 1.66. The molecule has 0 atom stereocenters. The second-order valence-electron chi connectivity index (χ2n) is 3.35. The number of benzene rings is 2. The van der Waals surface area contributed by atoms with Crippen LogP contribution in [-0.4, -0.2) is 28.2 Å². The first kappa shape index (κ1) is 14.6. The van der Waals surface area contributed by atoms with Gasteiger partial charge in [0, 0.05) is 0 Å². The van der Waals surface area contributed by atoms with Crippen molar-refractivity contribution in [2.75, 3.05) is 28.2 Å². The normalized spacial score (nSPS) is 8.50. The molecule has 2 N–H and O–H groups in total. The number of rotatable bonds is 0. The highest BCUT2D eigenvalue weighted by Crippen LogP contribution is 2.11. The maximum absolute atomic E-state index is 2.75. The van der Waals surface area contributed by atoms with Crippen molar-refractivity contribution in [1.29, 1.82) is 0 Å². The molecule has 2 nitrogen and oxygen atoms in total. The van der Waals surface area contributed by atoms with Gasteiger partial charge in [-0.1, -0.05) is 48.5 Å². The molecule has 0 unspecified atom stereocenters. The third-order valence-electron chi connectivity index (χ3n) is 1.66. The van der Waals surface area contributed by atoms with Gasteiger partial charge in [-0.25, -0.2) is 0 Å². The molecule has 2 aromatic carbocycles. The van der Waals surface area contributed by atoms with E-state index in [1.165, 1.54) is 10.8 Å². The zero-order valence-corrected chi connectivity index (χ0v) is 10.6. The Bertz CT molecular complexity index is 304. The van der Waals surface area contributed by atoms with Crippen LogP contribution in [0.3, 0.4) is 0 Å². The smallest absolute Gasteiger partial charge is 0.0167 e. The van der Waals surface area contributed by atoms with E-state index in [0.29, 0.717) is 0 Å². The average Bonchev–Trinajstić information content (AvgIpc) is 2.31. The highest BCUT2D eigenvalue weighted by Gasteiger charge is 1.85. The van der Waals surface area contributed by atoms with Gasteiger partial charge in [-0.05, 0) is 39.0 Å². The van der Waals surface area contributed by atoms with Crippen LogP contribution in [-0.2, 0) is 0 Å². The van der Waals surface area contributed by atoms with Gasteiger partial charge in [-0.2, -0.15) is 0 Å². The highest BCUT2D eigenvalue weighted by atomic mass is 14.7. The molecule has 0 fully saturated rings. The first-order chi connectivity index (χ1) is 7.79. The summed E-state index contributed by atoms with van der Waals surface area (Å²) in [5.74, 6) is 0. The lowest BCUT2D eigenvalue weighted by molar-refractivity contribution is 1.02. The summed E-state index contributed by atoms with van der Waals surface area (Å²) in [6, 6.07) is 16.7. The molecule has 0 heterocycles. The van der Waals surface area contributed by atoms with Crippen molar-refractivity contribution in [3.05, 3.63) is 48.5 Å². The molecule has 0 saturated carbocycles. The lowest BCUT2D eigenvalue weighted by Crippen LogP contribution is -1.89. The van der Waals surface area contributed by atoms with E-state index in [2.05, 4.69) is 59.2 Å². The molecule has 0 amide bonds. The molecule has 0 radical (unpaired) electrons. The predicted octanol–water partition coefficient (Wildman–Crippen LogP) is 2.51. The lowest BCUT2D eigenvalue weighted by Gasteiger charge is -1.92. The molecule has 2 heteroatoms. The second kappa shape index (κ2) is 10.1. The first-order valence-electron chi connectivity index (χ1n) is 5.40. The summed E-state index contributed by atoms with van der Waals surface area (Å²) in [7, 11) is 7.50. The van der Waals surface area contributed by atoms with Crippen molar-refractivity contribution < 1.29 is 0 Å². The minimum atomic E-state index is 1.31. The topological polar surface area (TPSA) is 24.1 Å². The number of hydrogen-bond acceptors (Lipinski definition) is 2. The minimum absolute atomic E-state index is 1.31. The van der Waals surface area contributed by atoms with Gasteiger partial charge in [0.2, 0.25) is 0 Å². The largest absolute Gasteiger partial charge is 0.323 e. The highest BCUT2D eigenvalue weighted by molar-refractivity contribution is 5.81. The van der Waals surface area contributed by atoms with Gasteiger partial charge < -0.3 is 10.6 Å². The summed E-state index contributed by atoms with van der Waals surface area (Å²) in [6.07, 6.45) is 0. The van der Waals surface area contributed by atoms with Crippen LogP contribution in [0.5, 0.6) is 0 Å². The van der Waals surface area contributed by atoms with E-state index in [9.17, 15) is 0 Å². The SMILES string of the molecule is CNC.CNC.c1ccc2ccccc2c1. The number of nitrogens with one attached hydrogen (secondary N) is 2. The molecular weight excluding hydrogens is 196 g/mol. The van der Waals surface area contributed by atoms with Crippen LogP contribution in [0.15, 0.2) is 48.5 Å². The molecule has 88 valence electrons. The van der Waals surface area contributed by atoms with Crippen molar-refractivity contribution in [2.24, 2.45) is 0 Å². The standard InChI is InChI=1S/C10H8.2C2H7N/c1-2-6-10-8-4-3-7-9(10)5-1;2*1-3-2/h1-8H;2*3H,1-2H3. The van der Waals surface area contributed by atoms with Crippen LogP contribution >= 0.6 is 0 Å². The molecule has 0 aliphatic rings. The van der Waals surface area contributed by atoms with E-state index in [0.717, 1.165) is 0 Å². The summed E-state index contributed by atoms with van der Waals surface area (Å²) >= 11 is 0. The van der Waals surface area contributed by atoms with E-state index in [1.807, 2.05) is 28.2 Å². The lowest BCUT2D eigenvalue weighted by atomic mass is 10.1. The van der Waals surface area contributed by atoms with Crippen LogP contribution in [0.2, 0.25) is 0 Å². The van der Waals surface area contributed by atoms with E-state index in [-0.39, 0.29) is 0 Å². The van der Waals surface area contributed by atoms with Gasteiger partial charge in [-0.15, -0.1) is 0 Å². The molecule has 0 aliphatic carbocycles. The maximum Gasteiger partial charge on any atom is -0.0167 e.